The van der Waals surface area contributed by atoms with E-state index in [-0.39, 0.29) is 5.78 Å². The Morgan fingerprint density at radius 3 is 2.45 bits per heavy atom. The molecule has 0 bridgehead atoms. The fraction of sp³-hybridized carbons (Fsp3) is 0.0625. The standard InChI is InChI=1S/C16H13Cl2NO/c1-11-2-5-13(6-3-11)19-9-8-16(20)14-7-4-12(17)10-15(14)18/h2-10,19H,1H3/b9-8+. The van der Waals surface area contributed by atoms with Gasteiger partial charge in [0.25, 0.3) is 0 Å². The Morgan fingerprint density at radius 1 is 1.10 bits per heavy atom. The smallest absolute Gasteiger partial charge is 0.188 e. The SMILES string of the molecule is Cc1ccc(N/C=C/C(=O)c2ccc(Cl)cc2Cl)cc1. The predicted octanol–water partition coefficient (Wildman–Crippen LogP) is 5.11. The van der Waals surface area contributed by atoms with Crippen molar-refractivity contribution in [2.24, 2.45) is 0 Å². The number of ketones is 1. The van der Waals surface area contributed by atoms with Gasteiger partial charge in [-0.05, 0) is 37.3 Å². The normalized spacial score (nSPS) is 10.8. The summed E-state index contributed by atoms with van der Waals surface area (Å²) in [5, 5.41) is 3.89. The zero-order valence-corrected chi connectivity index (χ0v) is 12.4. The van der Waals surface area contributed by atoms with E-state index in [1.807, 2.05) is 31.2 Å². The Kier molecular flexibility index (Phi) is 4.83. The highest BCUT2D eigenvalue weighted by Gasteiger charge is 2.07. The first-order valence-electron chi connectivity index (χ1n) is 6.05. The van der Waals surface area contributed by atoms with Crippen molar-refractivity contribution in [2.45, 2.75) is 6.92 Å². The van der Waals surface area contributed by atoms with Crippen LogP contribution in [0.25, 0.3) is 0 Å². The number of aryl methyl sites for hydroxylation is 1. The van der Waals surface area contributed by atoms with Gasteiger partial charge >= 0.3 is 0 Å². The quantitative estimate of drug-likeness (QED) is 0.628. The third kappa shape index (κ3) is 3.86. The monoisotopic (exact) mass is 305 g/mol. The van der Waals surface area contributed by atoms with Gasteiger partial charge < -0.3 is 5.32 Å². The van der Waals surface area contributed by atoms with E-state index in [2.05, 4.69) is 5.32 Å². The number of nitrogens with one attached hydrogen (secondary N) is 1. The number of halogens is 2. The molecule has 0 aliphatic carbocycles. The summed E-state index contributed by atoms with van der Waals surface area (Å²) in [4.78, 5) is 12.0. The molecule has 0 amide bonds. The average molecular weight is 306 g/mol. The Morgan fingerprint density at radius 2 is 1.80 bits per heavy atom. The second kappa shape index (κ2) is 6.60. The molecule has 2 aromatic rings. The van der Waals surface area contributed by atoms with Gasteiger partial charge in [0, 0.05) is 28.5 Å². The number of hydrogen-bond donors (Lipinski definition) is 1. The summed E-state index contributed by atoms with van der Waals surface area (Å²) in [5.74, 6) is -0.175. The number of carbonyl (C=O) groups excluding carboxylic acids is 1. The highest BCUT2D eigenvalue weighted by atomic mass is 35.5. The topological polar surface area (TPSA) is 29.1 Å². The van der Waals surface area contributed by atoms with Crippen LogP contribution in [0.3, 0.4) is 0 Å². The lowest BCUT2D eigenvalue weighted by atomic mass is 10.1. The van der Waals surface area contributed by atoms with Gasteiger partial charge in [0.2, 0.25) is 0 Å². The van der Waals surface area contributed by atoms with Crippen molar-refractivity contribution in [3.63, 3.8) is 0 Å². The molecule has 2 nitrogen and oxygen atoms in total. The summed E-state index contributed by atoms with van der Waals surface area (Å²) < 4.78 is 0. The van der Waals surface area contributed by atoms with Crippen LogP contribution in [-0.2, 0) is 0 Å². The predicted molar refractivity (Wildman–Crippen MR) is 84.7 cm³/mol. The second-order valence-electron chi connectivity index (χ2n) is 4.33. The van der Waals surface area contributed by atoms with Crippen molar-refractivity contribution in [2.75, 3.05) is 5.32 Å². The molecule has 0 unspecified atom stereocenters. The van der Waals surface area contributed by atoms with Crippen molar-refractivity contribution >= 4 is 34.7 Å². The Labute approximate surface area is 128 Å². The van der Waals surface area contributed by atoms with Crippen LogP contribution in [0.4, 0.5) is 5.69 Å². The van der Waals surface area contributed by atoms with Gasteiger partial charge in [0.05, 0.1) is 5.02 Å². The number of rotatable bonds is 4. The maximum Gasteiger partial charge on any atom is 0.188 e. The minimum atomic E-state index is -0.175. The molecule has 0 fully saturated rings. The molecule has 0 spiro atoms. The van der Waals surface area contributed by atoms with Crippen LogP contribution in [0.5, 0.6) is 0 Å². The van der Waals surface area contributed by atoms with E-state index in [0.717, 1.165) is 5.69 Å². The van der Waals surface area contributed by atoms with Crippen LogP contribution in [0.1, 0.15) is 15.9 Å². The summed E-state index contributed by atoms with van der Waals surface area (Å²) in [6.07, 6.45) is 3.03. The van der Waals surface area contributed by atoms with Crippen molar-refractivity contribution in [1.82, 2.24) is 0 Å². The van der Waals surface area contributed by atoms with Crippen molar-refractivity contribution in [3.8, 4) is 0 Å². The van der Waals surface area contributed by atoms with Crippen molar-refractivity contribution in [1.29, 1.82) is 0 Å². The molecule has 4 heteroatoms. The number of benzene rings is 2. The molecule has 1 N–H and O–H groups in total. The van der Waals surface area contributed by atoms with E-state index in [4.69, 9.17) is 23.2 Å². The lowest BCUT2D eigenvalue weighted by molar-refractivity contribution is 0.104. The Bertz CT molecular complexity index is 648. The van der Waals surface area contributed by atoms with Crippen LogP contribution in [-0.4, -0.2) is 5.78 Å². The van der Waals surface area contributed by atoms with Gasteiger partial charge in [-0.15, -0.1) is 0 Å². The van der Waals surface area contributed by atoms with Gasteiger partial charge in [-0.1, -0.05) is 40.9 Å². The molecule has 0 heterocycles. The summed E-state index contributed by atoms with van der Waals surface area (Å²) in [5.41, 5.74) is 2.53. The van der Waals surface area contributed by atoms with Crippen LogP contribution in [0.15, 0.2) is 54.7 Å². The molecule has 0 radical (unpaired) electrons. The molecule has 2 rings (SSSR count). The largest absolute Gasteiger partial charge is 0.362 e. The van der Waals surface area contributed by atoms with E-state index in [0.29, 0.717) is 15.6 Å². The first-order chi connectivity index (χ1) is 9.56. The highest BCUT2D eigenvalue weighted by molar-refractivity contribution is 6.37. The number of anilines is 1. The van der Waals surface area contributed by atoms with Crippen molar-refractivity contribution < 1.29 is 4.79 Å². The molecule has 0 aromatic heterocycles. The van der Waals surface area contributed by atoms with Gasteiger partial charge in [0.15, 0.2) is 5.78 Å². The summed E-state index contributed by atoms with van der Waals surface area (Å²) in [6.45, 7) is 2.02. The fourth-order valence-corrected chi connectivity index (χ4v) is 2.14. The third-order valence-electron chi connectivity index (χ3n) is 2.73. The first kappa shape index (κ1) is 14.6. The maximum absolute atomic E-state index is 12.0. The summed E-state index contributed by atoms with van der Waals surface area (Å²) >= 11 is 11.8. The molecule has 0 aliphatic heterocycles. The van der Waals surface area contributed by atoms with E-state index in [9.17, 15) is 4.79 Å². The molecular formula is C16H13Cl2NO. The number of allylic oxidation sites excluding steroid dienone is 1. The van der Waals surface area contributed by atoms with E-state index in [1.165, 1.54) is 11.6 Å². The molecule has 0 aliphatic rings. The van der Waals surface area contributed by atoms with E-state index < -0.39 is 0 Å². The minimum absolute atomic E-state index is 0.175. The lowest BCUT2D eigenvalue weighted by Crippen LogP contribution is -1.97. The van der Waals surface area contributed by atoms with E-state index >= 15 is 0 Å². The zero-order chi connectivity index (χ0) is 14.5. The molecule has 102 valence electrons. The van der Waals surface area contributed by atoms with Gasteiger partial charge in [-0.3, -0.25) is 4.79 Å². The lowest BCUT2D eigenvalue weighted by Gasteiger charge is -2.02. The molecule has 0 saturated heterocycles. The number of carbonyl (C=O) groups is 1. The van der Waals surface area contributed by atoms with Crippen LogP contribution in [0.2, 0.25) is 10.0 Å². The highest BCUT2D eigenvalue weighted by Crippen LogP contribution is 2.21. The second-order valence-corrected chi connectivity index (χ2v) is 5.18. The Balaban J connectivity index is 2.04. The Hall–Kier alpha value is -1.77. The maximum atomic E-state index is 12.0. The van der Waals surface area contributed by atoms with Crippen molar-refractivity contribution in [3.05, 3.63) is 75.9 Å². The van der Waals surface area contributed by atoms with Gasteiger partial charge in [-0.2, -0.15) is 0 Å². The van der Waals surface area contributed by atoms with E-state index in [1.54, 1.807) is 24.4 Å². The molecule has 20 heavy (non-hydrogen) atoms. The number of hydrogen-bond acceptors (Lipinski definition) is 2. The zero-order valence-electron chi connectivity index (χ0n) is 10.9. The molecule has 2 aromatic carbocycles. The first-order valence-corrected chi connectivity index (χ1v) is 6.81. The molecule has 0 atom stereocenters. The fourth-order valence-electron chi connectivity index (χ4n) is 1.64. The van der Waals surface area contributed by atoms with Gasteiger partial charge in [0.1, 0.15) is 0 Å². The third-order valence-corrected chi connectivity index (χ3v) is 3.28. The molecular weight excluding hydrogens is 293 g/mol. The van der Waals surface area contributed by atoms with Crippen LogP contribution in [0, 0.1) is 6.92 Å². The minimum Gasteiger partial charge on any atom is -0.362 e. The van der Waals surface area contributed by atoms with Crippen LogP contribution >= 0.6 is 23.2 Å². The van der Waals surface area contributed by atoms with Crippen LogP contribution < -0.4 is 5.32 Å². The average Bonchev–Trinajstić information content (AvgIpc) is 2.41. The summed E-state index contributed by atoms with van der Waals surface area (Å²) in [6, 6.07) is 12.7. The summed E-state index contributed by atoms with van der Waals surface area (Å²) in [7, 11) is 0. The molecule has 0 saturated carbocycles. The van der Waals surface area contributed by atoms with Gasteiger partial charge in [-0.25, -0.2) is 0 Å².